The quantitative estimate of drug-likeness (QED) is 0.324. The molecule has 0 saturated heterocycles. The van der Waals surface area contributed by atoms with Crippen LogP contribution in [0.25, 0.3) is 21.9 Å². The molecule has 0 radical (unpaired) electrons. The lowest BCUT2D eigenvalue weighted by Crippen LogP contribution is -2.11. The topological polar surface area (TPSA) is 75.2 Å². The van der Waals surface area contributed by atoms with E-state index in [0.29, 0.717) is 44.3 Å². The van der Waals surface area contributed by atoms with Crippen molar-refractivity contribution in [3.8, 4) is 11.8 Å². The van der Waals surface area contributed by atoms with Gasteiger partial charge in [0.15, 0.2) is 5.82 Å². The standard InChI is InChI=1S/C22H26N4O2.C3H6/c1-4-16(3)9-8-13-28-14-12-26-19(15-27-5-2)25-20-21(26)17-10-6-7-11-18(17)24-22(20)23;1-3-2/h4,6-7,10-11,16H,1,5,12-15H2,2-3H3,(H2,23,24);3H,1H2,2H3. The van der Waals surface area contributed by atoms with Crippen molar-refractivity contribution in [2.24, 2.45) is 5.92 Å². The number of rotatable bonds is 8. The fraction of sp³-hybridized carbons (Fsp3) is 0.360. The number of fused-ring (bicyclic) bond motifs is 3. The van der Waals surface area contributed by atoms with Gasteiger partial charge < -0.3 is 19.8 Å². The highest BCUT2D eigenvalue weighted by atomic mass is 16.5. The molecule has 31 heavy (non-hydrogen) atoms. The summed E-state index contributed by atoms with van der Waals surface area (Å²) in [6, 6.07) is 7.94. The highest BCUT2D eigenvalue weighted by molar-refractivity contribution is 6.06. The molecule has 0 fully saturated rings. The van der Waals surface area contributed by atoms with Gasteiger partial charge in [0.2, 0.25) is 0 Å². The minimum Gasteiger partial charge on any atom is -0.382 e. The number of imidazole rings is 1. The minimum atomic E-state index is 0.167. The number of nitrogens with zero attached hydrogens (tertiary/aromatic N) is 3. The monoisotopic (exact) mass is 420 g/mol. The highest BCUT2D eigenvalue weighted by Gasteiger charge is 2.17. The van der Waals surface area contributed by atoms with E-state index in [1.165, 1.54) is 0 Å². The fourth-order valence-corrected chi connectivity index (χ4v) is 2.99. The number of ether oxygens (including phenoxy) is 2. The lowest BCUT2D eigenvalue weighted by Gasteiger charge is -2.11. The van der Waals surface area contributed by atoms with Gasteiger partial charge in [0.25, 0.3) is 0 Å². The number of nitrogen functional groups attached to an aromatic ring is 1. The van der Waals surface area contributed by atoms with Crippen LogP contribution in [0.2, 0.25) is 0 Å². The number of pyridine rings is 1. The van der Waals surface area contributed by atoms with Crippen LogP contribution in [0.3, 0.4) is 0 Å². The molecule has 2 N–H and O–H groups in total. The van der Waals surface area contributed by atoms with Gasteiger partial charge in [0.05, 0.1) is 17.6 Å². The number of aromatic nitrogens is 3. The summed E-state index contributed by atoms with van der Waals surface area (Å²) < 4.78 is 13.4. The maximum absolute atomic E-state index is 6.18. The number of allylic oxidation sites excluding steroid dienone is 2. The molecule has 0 aliphatic heterocycles. The molecule has 0 aliphatic carbocycles. The van der Waals surface area contributed by atoms with E-state index < -0.39 is 0 Å². The third-order valence-electron chi connectivity index (χ3n) is 4.44. The van der Waals surface area contributed by atoms with E-state index in [-0.39, 0.29) is 5.92 Å². The smallest absolute Gasteiger partial charge is 0.152 e. The zero-order valence-corrected chi connectivity index (χ0v) is 18.7. The molecule has 3 rings (SSSR count). The van der Waals surface area contributed by atoms with Crippen molar-refractivity contribution in [3.05, 3.63) is 55.4 Å². The molecule has 1 aromatic carbocycles. The van der Waals surface area contributed by atoms with Crippen LogP contribution in [0.1, 0.15) is 26.6 Å². The lowest BCUT2D eigenvalue weighted by molar-refractivity contribution is 0.121. The highest BCUT2D eigenvalue weighted by Crippen LogP contribution is 2.29. The predicted octanol–water partition coefficient (Wildman–Crippen LogP) is 4.74. The fourth-order valence-electron chi connectivity index (χ4n) is 2.99. The molecule has 6 heteroatoms. The van der Waals surface area contributed by atoms with E-state index in [9.17, 15) is 0 Å². The molecular weight excluding hydrogens is 388 g/mol. The van der Waals surface area contributed by atoms with Gasteiger partial charge in [0.1, 0.15) is 24.6 Å². The van der Waals surface area contributed by atoms with Gasteiger partial charge in [-0.05, 0) is 26.8 Å². The van der Waals surface area contributed by atoms with Crippen molar-refractivity contribution in [3.63, 3.8) is 0 Å². The Hall–Kier alpha value is -3.14. The van der Waals surface area contributed by atoms with Crippen molar-refractivity contribution in [1.82, 2.24) is 14.5 Å². The number of anilines is 1. The number of nitrogens with two attached hydrogens (primary N) is 1. The molecular formula is C25H32N4O2. The first-order valence-electron chi connectivity index (χ1n) is 10.4. The Balaban J connectivity index is 0.00000107. The zero-order chi connectivity index (χ0) is 22.6. The van der Waals surface area contributed by atoms with E-state index in [2.05, 4.69) is 34.5 Å². The van der Waals surface area contributed by atoms with Crippen LogP contribution >= 0.6 is 0 Å². The Labute approximate surface area is 184 Å². The molecule has 3 aromatic rings. The number of hydrogen-bond donors (Lipinski definition) is 1. The van der Waals surface area contributed by atoms with E-state index in [1.807, 2.05) is 51.1 Å². The number of hydrogen-bond acceptors (Lipinski definition) is 5. The predicted molar refractivity (Wildman–Crippen MR) is 129 cm³/mol. The normalized spacial score (nSPS) is 11.3. The maximum atomic E-state index is 6.18. The van der Waals surface area contributed by atoms with Gasteiger partial charge in [-0.1, -0.05) is 42.2 Å². The van der Waals surface area contributed by atoms with Gasteiger partial charge >= 0.3 is 0 Å². The van der Waals surface area contributed by atoms with Crippen molar-refractivity contribution in [2.75, 3.05) is 25.6 Å². The second-order valence-electron chi connectivity index (χ2n) is 6.83. The zero-order valence-electron chi connectivity index (χ0n) is 18.7. The van der Waals surface area contributed by atoms with E-state index >= 15 is 0 Å². The molecule has 0 spiro atoms. The van der Waals surface area contributed by atoms with E-state index in [0.717, 1.165) is 22.2 Å². The van der Waals surface area contributed by atoms with Gasteiger partial charge in [-0.25, -0.2) is 9.97 Å². The molecule has 2 heterocycles. The first-order chi connectivity index (χ1) is 15.1. The van der Waals surface area contributed by atoms with Crippen LogP contribution in [0.4, 0.5) is 5.82 Å². The van der Waals surface area contributed by atoms with Crippen molar-refractivity contribution < 1.29 is 9.47 Å². The largest absolute Gasteiger partial charge is 0.382 e. The van der Waals surface area contributed by atoms with E-state index in [1.54, 1.807) is 6.08 Å². The lowest BCUT2D eigenvalue weighted by atomic mass is 10.2. The third-order valence-corrected chi connectivity index (χ3v) is 4.44. The Kier molecular flexibility index (Phi) is 9.76. The summed E-state index contributed by atoms with van der Waals surface area (Å²) in [5, 5.41) is 1.02. The summed E-state index contributed by atoms with van der Waals surface area (Å²) in [6.45, 7) is 15.5. The second kappa shape index (κ2) is 12.5. The molecule has 1 unspecified atom stereocenters. The third kappa shape index (κ3) is 6.42. The van der Waals surface area contributed by atoms with E-state index in [4.69, 9.17) is 20.2 Å². The molecule has 0 bridgehead atoms. The number of para-hydroxylation sites is 1. The van der Waals surface area contributed by atoms with Crippen molar-refractivity contribution in [1.29, 1.82) is 0 Å². The van der Waals surface area contributed by atoms with Crippen molar-refractivity contribution >= 4 is 27.8 Å². The van der Waals surface area contributed by atoms with Crippen LogP contribution in [0.15, 0.2) is 49.6 Å². The first-order valence-corrected chi connectivity index (χ1v) is 10.4. The Morgan fingerprint density at radius 3 is 2.68 bits per heavy atom. The summed E-state index contributed by atoms with van der Waals surface area (Å²) in [5.74, 6) is 7.50. The van der Waals surface area contributed by atoms with Gasteiger partial charge in [-0.3, -0.25) is 0 Å². The van der Waals surface area contributed by atoms with Crippen LogP contribution in [0.5, 0.6) is 0 Å². The van der Waals surface area contributed by atoms with Gasteiger partial charge in [-0.2, -0.15) is 0 Å². The molecule has 0 aliphatic rings. The van der Waals surface area contributed by atoms with Crippen LogP contribution in [0, 0.1) is 17.8 Å². The average Bonchev–Trinajstić information content (AvgIpc) is 3.14. The van der Waals surface area contributed by atoms with Crippen LogP contribution in [-0.4, -0.2) is 34.4 Å². The van der Waals surface area contributed by atoms with Crippen LogP contribution in [-0.2, 0) is 22.6 Å². The Morgan fingerprint density at radius 2 is 1.97 bits per heavy atom. The first kappa shape index (κ1) is 24.1. The number of benzene rings is 1. The molecule has 1 atom stereocenters. The van der Waals surface area contributed by atoms with Crippen molar-refractivity contribution in [2.45, 2.75) is 33.9 Å². The van der Waals surface area contributed by atoms with Crippen LogP contribution < -0.4 is 5.73 Å². The van der Waals surface area contributed by atoms with Gasteiger partial charge in [-0.15, -0.1) is 13.2 Å². The summed E-state index contributed by atoms with van der Waals surface area (Å²) in [4.78, 5) is 9.19. The maximum Gasteiger partial charge on any atom is 0.152 e. The SMILES string of the molecule is C=CC.C=CC(C)C#CCOCCn1c(COCC)nc2c(N)nc3ccccc3c21. The minimum absolute atomic E-state index is 0.167. The Bertz CT molecular complexity index is 1080. The second-order valence-corrected chi connectivity index (χ2v) is 6.83. The summed E-state index contributed by atoms with van der Waals surface area (Å²) >= 11 is 0. The summed E-state index contributed by atoms with van der Waals surface area (Å²) in [6.07, 6.45) is 3.56. The average molecular weight is 421 g/mol. The molecule has 0 amide bonds. The molecule has 0 saturated carbocycles. The molecule has 164 valence electrons. The molecule has 2 aromatic heterocycles. The summed E-state index contributed by atoms with van der Waals surface area (Å²) in [5.41, 5.74) is 8.70. The molecule has 6 nitrogen and oxygen atoms in total. The summed E-state index contributed by atoms with van der Waals surface area (Å²) in [7, 11) is 0. The van der Waals surface area contributed by atoms with Gasteiger partial charge in [0, 0.05) is 24.5 Å². The Morgan fingerprint density at radius 1 is 1.23 bits per heavy atom.